The largest absolute Gasteiger partial charge is 0.322 e. The second-order valence-corrected chi connectivity index (χ2v) is 6.53. The number of likely N-dealkylation sites (N-methyl/N-ethyl adjacent to an activating group) is 1. The maximum absolute atomic E-state index is 12.1. The molecule has 4 nitrogen and oxygen atoms in total. The highest BCUT2D eigenvalue weighted by Gasteiger charge is 2.18. The van der Waals surface area contributed by atoms with Crippen molar-refractivity contribution in [3.05, 3.63) is 27.2 Å². The quantitative estimate of drug-likeness (QED) is 0.856. The van der Waals surface area contributed by atoms with Crippen LogP contribution in [0.5, 0.6) is 0 Å². The average Bonchev–Trinajstić information content (AvgIpc) is 2.86. The Morgan fingerprint density at radius 3 is 2.62 bits per heavy atom. The van der Waals surface area contributed by atoms with E-state index in [0.29, 0.717) is 26.8 Å². The Morgan fingerprint density at radius 2 is 2.05 bits per heavy atom. The van der Waals surface area contributed by atoms with E-state index < -0.39 is 0 Å². The summed E-state index contributed by atoms with van der Waals surface area (Å²) in [4.78, 5) is 14.0. The molecule has 0 bridgehead atoms. The Hall–Kier alpha value is -0.520. The molecule has 2 N–H and O–H groups in total. The van der Waals surface area contributed by atoms with Gasteiger partial charge in [-0.3, -0.25) is 9.69 Å². The zero-order valence-electron chi connectivity index (χ0n) is 11.8. The Labute approximate surface area is 139 Å². The van der Waals surface area contributed by atoms with Gasteiger partial charge in [-0.25, -0.2) is 0 Å². The smallest absolute Gasteiger partial charge is 0.238 e. The lowest BCUT2D eigenvalue weighted by atomic mass is 10.2. The minimum atomic E-state index is -0.151. The highest BCUT2D eigenvalue weighted by Crippen LogP contribution is 2.33. The molecule has 1 amide bonds. The van der Waals surface area contributed by atoms with E-state index in [1.807, 2.05) is 11.9 Å². The number of benzene rings is 1. The summed E-state index contributed by atoms with van der Waals surface area (Å²) in [5.74, 6) is -0.151. The lowest BCUT2D eigenvalue weighted by molar-refractivity contribution is -0.117. The van der Waals surface area contributed by atoms with Crippen molar-refractivity contribution < 1.29 is 4.79 Å². The topological polar surface area (TPSA) is 44.4 Å². The molecule has 1 unspecified atom stereocenters. The Kier molecular flexibility index (Phi) is 6.14. The van der Waals surface area contributed by atoms with Gasteiger partial charge in [-0.05, 0) is 38.6 Å². The third-order valence-corrected chi connectivity index (χ3v) is 4.19. The van der Waals surface area contributed by atoms with E-state index in [2.05, 4.69) is 10.6 Å². The Morgan fingerprint density at radius 1 is 1.38 bits per heavy atom. The second kappa shape index (κ2) is 7.65. The number of anilines is 1. The molecule has 1 heterocycles. The van der Waals surface area contributed by atoms with Gasteiger partial charge in [0.05, 0.1) is 22.3 Å². The summed E-state index contributed by atoms with van der Waals surface area (Å²) < 4.78 is 0. The van der Waals surface area contributed by atoms with E-state index >= 15 is 0 Å². The van der Waals surface area contributed by atoms with Crippen LogP contribution < -0.4 is 10.6 Å². The maximum Gasteiger partial charge on any atom is 0.238 e. The van der Waals surface area contributed by atoms with Crippen molar-refractivity contribution in [1.29, 1.82) is 0 Å². The molecule has 0 radical (unpaired) electrons. The first kappa shape index (κ1) is 16.8. The molecule has 1 fully saturated rings. The van der Waals surface area contributed by atoms with Gasteiger partial charge >= 0.3 is 0 Å². The zero-order valence-corrected chi connectivity index (χ0v) is 14.0. The zero-order chi connectivity index (χ0) is 15.4. The van der Waals surface area contributed by atoms with Gasteiger partial charge in [-0.1, -0.05) is 34.8 Å². The van der Waals surface area contributed by atoms with Gasteiger partial charge < -0.3 is 10.6 Å². The summed E-state index contributed by atoms with van der Waals surface area (Å²) in [7, 11) is 1.92. The van der Waals surface area contributed by atoms with Crippen LogP contribution in [0.3, 0.4) is 0 Å². The predicted molar refractivity (Wildman–Crippen MR) is 88.6 cm³/mol. The van der Waals surface area contributed by atoms with Crippen LogP contribution in [0.4, 0.5) is 5.69 Å². The highest BCUT2D eigenvalue weighted by molar-refractivity contribution is 6.42. The van der Waals surface area contributed by atoms with Crippen LogP contribution in [-0.4, -0.2) is 43.5 Å². The fraction of sp³-hybridized carbons (Fsp3) is 0.500. The van der Waals surface area contributed by atoms with Crippen molar-refractivity contribution in [3.8, 4) is 0 Å². The van der Waals surface area contributed by atoms with Gasteiger partial charge in [0.2, 0.25) is 5.91 Å². The summed E-state index contributed by atoms with van der Waals surface area (Å²) in [6.07, 6.45) is 2.35. The van der Waals surface area contributed by atoms with Gasteiger partial charge in [0.25, 0.3) is 0 Å². The van der Waals surface area contributed by atoms with Gasteiger partial charge in [0.15, 0.2) is 0 Å². The molecule has 1 aromatic rings. The van der Waals surface area contributed by atoms with E-state index in [1.165, 1.54) is 6.42 Å². The summed E-state index contributed by atoms with van der Waals surface area (Å²) in [5, 5.41) is 7.25. The summed E-state index contributed by atoms with van der Waals surface area (Å²) >= 11 is 17.9. The number of amides is 1. The molecule has 7 heteroatoms. The molecule has 0 spiro atoms. The standard InChI is InChI=1S/C14H18Cl3N3O/c1-20(7-10-3-2-4-18-10)8-13(21)19-14-11(16)5-9(15)6-12(14)17/h5-6,10,18H,2-4,7-8H2,1H3,(H,19,21). The molecule has 0 aromatic heterocycles. The Balaban J connectivity index is 1.89. The third-order valence-electron chi connectivity index (χ3n) is 3.38. The van der Waals surface area contributed by atoms with Crippen LogP contribution in [0.1, 0.15) is 12.8 Å². The number of hydrogen-bond acceptors (Lipinski definition) is 3. The third kappa shape index (κ3) is 5.01. The molecule has 0 aliphatic carbocycles. The van der Waals surface area contributed by atoms with E-state index in [4.69, 9.17) is 34.8 Å². The lowest BCUT2D eigenvalue weighted by Crippen LogP contribution is -2.39. The molecule has 1 atom stereocenters. The molecule has 2 rings (SSSR count). The molecule has 21 heavy (non-hydrogen) atoms. The van der Waals surface area contributed by atoms with Crippen molar-refractivity contribution in [1.82, 2.24) is 10.2 Å². The van der Waals surface area contributed by atoms with Crippen LogP contribution in [-0.2, 0) is 4.79 Å². The fourth-order valence-electron chi connectivity index (χ4n) is 2.44. The number of hydrogen-bond donors (Lipinski definition) is 2. The Bertz CT molecular complexity index is 495. The number of halogens is 3. The van der Waals surface area contributed by atoms with E-state index in [1.54, 1.807) is 12.1 Å². The number of carbonyl (C=O) groups is 1. The summed E-state index contributed by atoms with van der Waals surface area (Å²) in [6, 6.07) is 3.57. The predicted octanol–water partition coefficient (Wildman–Crippen LogP) is 3.27. The maximum atomic E-state index is 12.1. The molecule has 0 saturated carbocycles. The highest BCUT2D eigenvalue weighted by atomic mass is 35.5. The van der Waals surface area contributed by atoms with Crippen molar-refractivity contribution in [3.63, 3.8) is 0 Å². The van der Waals surface area contributed by atoms with E-state index in [0.717, 1.165) is 19.5 Å². The first-order chi connectivity index (χ1) is 9.95. The van der Waals surface area contributed by atoms with Crippen molar-refractivity contribution in [2.24, 2.45) is 0 Å². The van der Waals surface area contributed by atoms with Crippen LogP contribution in [0.2, 0.25) is 15.1 Å². The van der Waals surface area contributed by atoms with E-state index in [-0.39, 0.29) is 12.5 Å². The summed E-state index contributed by atoms with van der Waals surface area (Å²) in [6.45, 7) is 2.18. The SMILES string of the molecule is CN(CC(=O)Nc1c(Cl)cc(Cl)cc1Cl)CC1CCCN1. The normalized spacial score (nSPS) is 18.2. The molecule has 116 valence electrons. The van der Waals surface area contributed by atoms with Gasteiger partial charge in [-0.2, -0.15) is 0 Å². The van der Waals surface area contributed by atoms with Crippen LogP contribution in [0, 0.1) is 0 Å². The molecular weight excluding hydrogens is 333 g/mol. The lowest BCUT2D eigenvalue weighted by Gasteiger charge is -2.20. The van der Waals surface area contributed by atoms with Crippen LogP contribution in [0.25, 0.3) is 0 Å². The fourth-order valence-corrected chi connectivity index (χ4v) is 3.35. The first-order valence-electron chi connectivity index (χ1n) is 6.82. The van der Waals surface area contributed by atoms with Crippen LogP contribution >= 0.6 is 34.8 Å². The van der Waals surface area contributed by atoms with Gasteiger partial charge in [0, 0.05) is 17.6 Å². The van der Waals surface area contributed by atoms with Crippen molar-refractivity contribution >= 4 is 46.4 Å². The minimum Gasteiger partial charge on any atom is -0.322 e. The number of rotatable bonds is 5. The van der Waals surface area contributed by atoms with Crippen LogP contribution in [0.15, 0.2) is 12.1 Å². The average molecular weight is 351 g/mol. The minimum absolute atomic E-state index is 0.151. The molecule has 1 aromatic carbocycles. The van der Waals surface area contributed by atoms with Gasteiger partial charge in [0.1, 0.15) is 0 Å². The van der Waals surface area contributed by atoms with Crippen molar-refractivity contribution in [2.45, 2.75) is 18.9 Å². The second-order valence-electron chi connectivity index (χ2n) is 5.28. The molecule has 1 saturated heterocycles. The number of nitrogens with zero attached hydrogens (tertiary/aromatic N) is 1. The van der Waals surface area contributed by atoms with Crippen molar-refractivity contribution in [2.75, 3.05) is 32.0 Å². The molecule has 1 aliphatic rings. The van der Waals surface area contributed by atoms with Gasteiger partial charge in [-0.15, -0.1) is 0 Å². The number of nitrogens with one attached hydrogen (secondary N) is 2. The molecule has 1 aliphatic heterocycles. The first-order valence-corrected chi connectivity index (χ1v) is 7.95. The summed E-state index contributed by atoms with van der Waals surface area (Å²) in [5.41, 5.74) is 0.403. The van der Waals surface area contributed by atoms with E-state index in [9.17, 15) is 4.79 Å². The molecular formula is C14H18Cl3N3O. The number of carbonyl (C=O) groups excluding carboxylic acids is 1. The monoisotopic (exact) mass is 349 g/mol.